The van der Waals surface area contributed by atoms with Gasteiger partial charge in [0.2, 0.25) is 11.8 Å². The first-order valence-corrected chi connectivity index (χ1v) is 6.67. The van der Waals surface area contributed by atoms with Crippen LogP contribution in [0, 0.1) is 0 Å². The Hall–Kier alpha value is -1.36. The van der Waals surface area contributed by atoms with Gasteiger partial charge in [0, 0.05) is 31.9 Å². The van der Waals surface area contributed by atoms with Crippen LogP contribution >= 0.6 is 0 Å². The number of aromatic nitrogens is 2. The first-order valence-electron chi connectivity index (χ1n) is 6.67. The second-order valence-electron chi connectivity index (χ2n) is 4.13. The molecular formula is C13H24N4O. The van der Waals surface area contributed by atoms with Gasteiger partial charge in [-0.15, -0.1) is 0 Å². The van der Waals surface area contributed by atoms with Crippen molar-refractivity contribution in [1.29, 1.82) is 0 Å². The molecule has 0 atom stereocenters. The fraction of sp³-hybridized carbons (Fsp3) is 0.692. The number of nitrogens with zero attached hydrogens (tertiary/aromatic N) is 3. The van der Waals surface area contributed by atoms with E-state index >= 15 is 0 Å². The van der Waals surface area contributed by atoms with Crippen molar-refractivity contribution in [2.24, 2.45) is 0 Å². The average molecular weight is 252 g/mol. The maximum atomic E-state index is 5.54. The SMILES string of the molecule is CCCOc1ccnc(N(CCC)CCNC)n1. The minimum absolute atomic E-state index is 0.660. The molecule has 1 aromatic heterocycles. The second kappa shape index (κ2) is 8.69. The van der Waals surface area contributed by atoms with Crippen LogP contribution in [-0.4, -0.2) is 43.3 Å². The molecule has 0 saturated heterocycles. The molecule has 1 N–H and O–H groups in total. The van der Waals surface area contributed by atoms with Crippen LogP contribution in [0.5, 0.6) is 5.88 Å². The topological polar surface area (TPSA) is 50.3 Å². The highest BCUT2D eigenvalue weighted by Crippen LogP contribution is 2.13. The van der Waals surface area contributed by atoms with Gasteiger partial charge in [0.15, 0.2) is 0 Å². The molecule has 18 heavy (non-hydrogen) atoms. The summed E-state index contributed by atoms with van der Waals surface area (Å²) in [7, 11) is 1.95. The molecule has 0 saturated carbocycles. The van der Waals surface area contributed by atoms with Gasteiger partial charge in [-0.3, -0.25) is 0 Å². The lowest BCUT2D eigenvalue weighted by Gasteiger charge is -2.22. The molecule has 102 valence electrons. The molecule has 1 rings (SSSR count). The lowest BCUT2D eigenvalue weighted by Crippen LogP contribution is -2.32. The predicted octanol–water partition coefficient (Wildman–Crippen LogP) is 1.70. The van der Waals surface area contributed by atoms with Crippen molar-refractivity contribution in [2.45, 2.75) is 26.7 Å². The molecule has 0 aliphatic carbocycles. The molecule has 0 radical (unpaired) electrons. The molecule has 0 spiro atoms. The van der Waals surface area contributed by atoms with Crippen LogP contribution in [0.2, 0.25) is 0 Å². The Labute approximate surface area is 110 Å². The smallest absolute Gasteiger partial charge is 0.228 e. The van der Waals surface area contributed by atoms with Crippen LogP contribution in [-0.2, 0) is 0 Å². The zero-order valence-corrected chi connectivity index (χ0v) is 11.6. The molecule has 0 aromatic carbocycles. The standard InChI is InChI=1S/C13H24N4O/c1-4-9-17(10-8-14-3)13-15-7-6-12(16-13)18-11-5-2/h6-7,14H,4-5,8-11H2,1-3H3. The van der Waals surface area contributed by atoms with E-state index in [-0.39, 0.29) is 0 Å². The molecular weight excluding hydrogens is 228 g/mol. The molecule has 0 fully saturated rings. The highest BCUT2D eigenvalue weighted by molar-refractivity contribution is 5.31. The average Bonchev–Trinajstić information content (AvgIpc) is 2.41. The number of hydrogen-bond acceptors (Lipinski definition) is 5. The van der Waals surface area contributed by atoms with Crippen molar-refractivity contribution < 1.29 is 4.74 Å². The van der Waals surface area contributed by atoms with E-state index in [9.17, 15) is 0 Å². The van der Waals surface area contributed by atoms with Crippen molar-refractivity contribution in [2.75, 3.05) is 38.2 Å². The Balaban J connectivity index is 2.70. The van der Waals surface area contributed by atoms with Crippen molar-refractivity contribution >= 4 is 5.95 Å². The Bertz CT molecular complexity index is 333. The van der Waals surface area contributed by atoms with Crippen molar-refractivity contribution in [1.82, 2.24) is 15.3 Å². The van der Waals surface area contributed by atoms with E-state index in [1.807, 2.05) is 7.05 Å². The third-order valence-corrected chi connectivity index (χ3v) is 2.48. The van der Waals surface area contributed by atoms with Crippen molar-refractivity contribution in [3.05, 3.63) is 12.3 Å². The minimum Gasteiger partial charge on any atom is -0.478 e. The minimum atomic E-state index is 0.660. The molecule has 0 amide bonds. The van der Waals surface area contributed by atoms with Gasteiger partial charge in [-0.1, -0.05) is 13.8 Å². The van der Waals surface area contributed by atoms with Crippen LogP contribution in [0.15, 0.2) is 12.3 Å². The van der Waals surface area contributed by atoms with E-state index in [2.05, 4.69) is 34.0 Å². The van der Waals surface area contributed by atoms with Crippen LogP contribution in [0.1, 0.15) is 26.7 Å². The Morgan fingerprint density at radius 1 is 1.28 bits per heavy atom. The summed E-state index contributed by atoms with van der Waals surface area (Å²) in [6, 6.07) is 1.81. The summed E-state index contributed by atoms with van der Waals surface area (Å²) < 4.78 is 5.54. The Morgan fingerprint density at radius 3 is 2.78 bits per heavy atom. The second-order valence-corrected chi connectivity index (χ2v) is 4.13. The monoisotopic (exact) mass is 252 g/mol. The van der Waals surface area contributed by atoms with E-state index in [4.69, 9.17) is 4.74 Å². The van der Waals surface area contributed by atoms with Gasteiger partial charge in [0.05, 0.1) is 6.61 Å². The molecule has 0 aliphatic heterocycles. The molecule has 0 unspecified atom stereocenters. The third-order valence-electron chi connectivity index (χ3n) is 2.48. The number of ether oxygens (including phenoxy) is 1. The molecule has 5 heteroatoms. The molecule has 5 nitrogen and oxygen atoms in total. The van der Waals surface area contributed by atoms with E-state index < -0.39 is 0 Å². The Morgan fingerprint density at radius 2 is 2.11 bits per heavy atom. The predicted molar refractivity (Wildman–Crippen MR) is 74.2 cm³/mol. The van der Waals surface area contributed by atoms with Gasteiger partial charge >= 0.3 is 0 Å². The highest BCUT2D eigenvalue weighted by atomic mass is 16.5. The zero-order chi connectivity index (χ0) is 13.2. The first kappa shape index (κ1) is 14.7. The maximum Gasteiger partial charge on any atom is 0.228 e. The highest BCUT2D eigenvalue weighted by Gasteiger charge is 2.09. The quantitative estimate of drug-likeness (QED) is 0.725. The fourth-order valence-electron chi connectivity index (χ4n) is 1.60. The molecule has 1 heterocycles. The summed E-state index contributed by atoms with van der Waals surface area (Å²) in [5, 5.41) is 3.15. The van der Waals surface area contributed by atoms with Gasteiger partial charge < -0.3 is 15.0 Å². The van der Waals surface area contributed by atoms with Gasteiger partial charge in [0.1, 0.15) is 0 Å². The number of likely N-dealkylation sites (N-methyl/N-ethyl adjacent to an activating group) is 1. The van der Waals surface area contributed by atoms with Gasteiger partial charge in [0.25, 0.3) is 0 Å². The molecule has 0 aliphatic rings. The molecule has 0 bridgehead atoms. The number of hydrogen-bond donors (Lipinski definition) is 1. The van der Waals surface area contributed by atoms with Crippen molar-refractivity contribution in [3.63, 3.8) is 0 Å². The van der Waals surface area contributed by atoms with Gasteiger partial charge in [-0.2, -0.15) is 4.98 Å². The third kappa shape index (κ3) is 4.87. The van der Waals surface area contributed by atoms with Crippen LogP contribution in [0.25, 0.3) is 0 Å². The first-order chi connectivity index (χ1) is 8.81. The van der Waals surface area contributed by atoms with E-state index in [1.165, 1.54) is 0 Å². The fourth-order valence-corrected chi connectivity index (χ4v) is 1.60. The van der Waals surface area contributed by atoms with Gasteiger partial charge in [-0.05, 0) is 19.9 Å². The summed E-state index contributed by atoms with van der Waals surface area (Å²) >= 11 is 0. The normalized spacial score (nSPS) is 10.4. The number of rotatable bonds is 9. The largest absolute Gasteiger partial charge is 0.478 e. The van der Waals surface area contributed by atoms with E-state index in [0.29, 0.717) is 12.5 Å². The van der Waals surface area contributed by atoms with Crippen molar-refractivity contribution in [3.8, 4) is 5.88 Å². The Kier molecular flexibility index (Phi) is 7.10. The van der Waals surface area contributed by atoms with Gasteiger partial charge in [-0.25, -0.2) is 4.98 Å². The lowest BCUT2D eigenvalue weighted by molar-refractivity contribution is 0.304. The summed E-state index contributed by atoms with van der Waals surface area (Å²) in [6.45, 7) is 7.72. The van der Waals surface area contributed by atoms with E-state index in [1.54, 1.807) is 12.3 Å². The molecule has 1 aromatic rings. The summed E-state index contributed by atoms with van der Waals surface area (Å²) in [6.07, 6.45) is 3.82. The summed E-state index contributed by atoms with van der Waals surface area (Å²) in [4.78, 5) is 10.9. The zero-order valence-electron chi connectivity index (χ0n) is 11.6. The van der Waals surface area contributed by atoms with Crippen LogP contribution in [0.4, 0.5) is 5.95 Å². The van der Waals surface area contributed by atoms with Crippen LogP contribution in [0.3, 0.4) is 0 Å². The lowest BCUT2D eigenvalue weighted by atomic mass is 10.4. The van der Waals surface area contributed by atoms with Crippen LogP contribution < -0.4 is 15.0 Å². The summed E-state index contributed by atoms with van der Waals surface area (Å²) in [5.74, 6) is 1.41. The number of anilines is 1. The number of nitrogens with one attached hydrogen (secondary N) is 1. The van der Waals surface area contributed by atoms with E-state index in [0.717, 1.165) is 38.4 Å². The summed E-state index contributed by atoms with van der Waals surface area (Å²) in [5.41, 5.74) is 0. The maximum absolute atomic E-state index is 5.54.